The Labute approximate surface area is 123 Å². The Morgan fingerprint density at radius 3 is 2.71 bits per heavy atom. The number of nitro groups is 1. The molecule has 0 unspecified atom stereocenters. The van der Waals surface area contributed by atoms with Gasteiger partial charge in [-0.2, -0.15) is 0 Å². The minimum absolute atomic E-state index is 0.0186. The van der Waals surface area contributed by atoms with E-state index in [2.05, 4.69) is 17.0 Å². The molecule has 1 saturated carbocycles. The zero-order valence-electron chi connectivity index (χ0n) is 12.3. The lowest BCUT2D eigenvalue weighted by atomic mass is 10.0. The van der Waals surface area contributed by atoms with Crippen LogP contribution in [-0.2, 0) is 4.74 Å². The summed E-state index contributed by atoms with van der Waals surface area (Å²) < 4.78 is 4.65. The summed E-state index contributed by atoms with van der Waals surface area (Å²) in [4.78, 5) is 22.2. The van der Waals surface area contributed by atoms with Crippen LogP contribution in [0.5, 0.6) is 0 Å². The van der Waals surface area contributed by atoms with Crippen LogP contribution in [-0.4, -0.2) is 24.5 Å². The van der Waals surface area contributed by atoms with Crippen molar-refractivity contribution in [1.29, 1.82) is 0 Å². The van der Waals surface area contributed by atoms with Gasteiger partial charge in [0.25, 0.3) is 5.69 Å². The van der Waals surface area contributed by atoms with Crippen molar-refractivity contribution in [2.24, 2.45) is 5.41 Å². The first-order valence-corrected chi connectivity index (χ1v) is 7.12. The predicted octanol–water partition coefficient (Wildman–Crippen LogP) is 3.37. The van der Waals surface area contributed by atoms with Crippen LogP contribution in [0.4, 0.5) is 11.4 Å². The van der Waals surface area contributed by atoms with Crippen molar-refractivity contribution in [3.05, 3.63) is 33.9 Å². The third-order valence-corrected chi connectivity index (χ3v) is 4.01. The highest BCUT2D eigenvalue weighted by atomic mass is 16.6. The summed E-state index contributed by atoms with van der Waals surface area (Å²) in [5.41, 5.74) is 0.940. The second kappa shape index (κ2) is 6.11. The first-order valence-electron chi connectivity index (χ1n) is 7.12. The molecule has 1 aliphatic carbocycles. The summed E-state index contributed by atoms with van der Waals surface area (Å²) >= 11 is 0. The molecule has 0 radical (unpaired) electrons. The summed E-state index contributed by atoms with van der Waals surface area (Å²) in [6, 6.07) is 4.24. The zero-order valence-corrected chi connectivity index (χ0v) is 12.3. The van der Waals surface area contributed by atoms with E-state index in [1.165, 1.54) is 25.3 Å². The fourth-order valence-electron chi connectivity index (χ4n) is 2.59. The van der Waals surface area contributed by atoms with E-state index in [1.54, 1.807) is 0 Å². The smallest absolute Gasteiger partial charge is 0.337 e. The molecule has 6 heteroatoms. The second-order valence-corrected chi connectivity index (χ2v) is 5.58. The molecule has 1 fully saturated rings. The van der Waals surface area contributed by atoms with E-state index >= 15 is 0 Å². The van der Waals surface area contributed by atoms with E-state index in [0.29, 0.717) is 17.8 Å². The van der Waals surface area contributed by atoms with Crippen molar-refractivity contribution in [3.63, 3.8) is 0 Å². The van der Waals surface area contributed by atoms with Crippen LogP contribution >= 0.6 is 0 Å². The van der Waals surface area contributed by atoms with Gasteiger partial charge in [0, 0.05) is 12.6 Å². The van der Waals surface area contributed by atoms with E-state index in [0.717, 1.165) is 25.7 Å². The number of carbonyl (C=O) groups is 1. The summed E-state index contributed by atoms with van der Waals surface area (Å²) in [7, 11) is 1.29. The van der Waals surface area contributed by atoms with E-state index in [9.17, 15) is 14.9 Å². The van der Waals surface area contributed by atoms with Gasteiger partial charge in [0.2, 0.25) is 0 Å². The number of hydrogen-bond donors (Lipinski definition) is 1. The molecule has 114 valence electrons. The third-order valence-electron chi connectivity index (χ3n) is 4.01. The maximum absolute atomic E-state index is 11.5. The molecule has 0 spiro atoms. The molecular weight excluding hydrogens is 272 g/mol. The van der Waals surface area contributed by atoms with Crippen LogP contribution < -0.4 is 5.32 Å². The number of esters is 1. The Hall–Kier alpha value is -2.11. The van der Waals surface area contributed by atoms with E-state index in [4.69, 9.17) is 0 Å². The van der Waals surface area contributed by atoms with Crippen molar-refractivity contribution in [2.45, 2.75) is 32.6 Å². The summed E-state index contributed by atoms with van der Waals surface area (Å²) in [5, 5.41) is 14.2. The molecule has 1 N–H and O–H groups in total. The van der Waals surface area contributed by atoms with Crippen LogP contribution in [0.25, 0.3) is 0 Å². The van der Waals surface area contributed by atoms with Gasteiger partial charge in [-0.3, -0.25) is 10.1 Å². The Bertz CT molecular complexity index is 553. The topological polar surface area (TPSA) is 81.5 Å². The minimum Gasteiger partial charge on any atom is -0.465 e. The SMILES string of the molecule is CCCC1(CNc2cc(C(=O)OC)ccc2[N+](=O)[O-])CC1. The number of hydrogen-bond acceptors (Lipinski definition) is 5. The quantitative estimate of drug-likeness (QED) is 0.473. The number of carbonyl (C=O) groups excluding carboxylic acids is 1. The molecule has 6 nitrogen and oxygen atoms in total. The average Bonchev–Trinajstić information content (AvgIpc) is 3.24. The monoisotopic (exact) mass is 292 g/mol. The molecule has 0 aromatic heterocycles. The first-order chi connectivity index (χ1) is 10.0. The number of rotatable bonds is 7. The predicted molar refractivity (Wildman–Crippen MR) is 79.5 cm³/mol. The van der Waals surface area contributed by atoms with Gasteiger partial charge in [0.15, 0.2) is 0 Å². The number of benzene rings is 1. The minimum atomic E-state index is -0.498. The molecule has 0 amide bonds. The number of ether oxygens (including phenoxy) is 1. The molecular formula is C15H20N2O4. The van der Waals surface area contributed by atoms with E-state index in [1.807, 2.05) is 0 Å². The second-order valence-electron chi connectivity index (χ2n) is 5.58. The summed E-state index contributed by atoms with van der Waals surface area (Å²) in [6.07, 6.45) is 4.52. The van der Waals surface area contributed by atoms with Crippen molar-refractivity contribution in [1.82, 2.24) is 0 Å². The van der Waals surface area contributed by atoms with Crippen LogP contribution in [0, 0.1) is 15.5 Å². The largest absolute Gasteiger partial charge is 0.465 e. The van der Waals surface area contributed by atoms with Gasteiger partial charge in [-0.15, -0.1) is 0 Å². The van der Waals surface area contributed by atoms with Crippen LogP contribution in [0.3, 0.4) is 0 Å². The number of anilines is 1. The zero-order chi connectivity index (χ0) is 15.5. The van der Waals surface area contributed by atoms with Crippen molar-refractivity contribution in [3.8, 4) is 0 Å². The maximum atomic E-state index is 11.5. The summed E-state index contributed by atoms with van der Waals surface area (Å²) in [5.74, 6) is -0.498. The maximum Gasteiger partial charge on any atom is 0.337 e. The van der Waals surface area contributed by atoms with Gasteiger partial charge in [-0.25, -0.2) is 4.79 Å². The number of methoxy groups -OCH3 is 1. The fourth-order valence-corrected chi connectivity index (χ4v) is 2.59. The van der Waals surface area contributed by atoms with Crippen molar-refractivity contribution >= 4 is 17.3 Å². The van der Waals surface area contributed by atoms with Crippen molar-refractivity contribution < 1.29 is 14.5 Å². The lowest BCUT2D eigenvalue weighted by Gasteiger charge is -2.16. The normalized spacial score (nSPS) is 15.3. The molecule has 1 aromatic carbocycles. The number of nitrogens with zero attached hydrogens (tertiary/aromatic N) is 1. The van der Waals surface area contributed by atoms with Crippen LogP contribution in [0.1, 0.15) is 43.0 Å². The van der Waals surface area contributed by atoms with Crippen LogP contribution in [0.2, 0.25) is 0 Å². The van der Waals surface area contributed by atoms with Gasteiger partial charge in [0.05, 0.1) is 17.6 Å². The van der Waals surface area contributed by atoms with E-state index < -0.39 is 10.9 Å². The third kappa shape index (κ3) is 3.51. The number of nitrogens with one attached hydrogen (secondary N) is 1. The molecule has 1 aliphatic rings. The highest BCUT2D eigenvalue weighted by Gasteiger charge is 2.41. The lowest BCUT2D eigenvalue weighted by molar-refractivity contribution is -0.384. The standard InChI is InChI=1S/C15H20N2O4/c1-3-6-15(7-8-15)10-16-12-9-11(14(18)21-2)4-5-13(12)17(19)20/h4-5,9,16H,3,6-8,10H2,1-2H3. The van der Waals surface area contributed by atoms with Gasteiger partial charge in [-0.1, -0.05) is 13.3 Å². The van der Waals surface area contributed by atoms with Gasteiger partial charge >= 0.3 is 5.97 Å². The van der Waals surface area contributed by atoms with Gasteiger partial charge in [0.1, 0.15) is 5.69 Å². The lowest BCUT2D eigenvalue weighted by Crippen LogP contribution is -2.16. The Morgan fingerprint density at radius 1 is 1.48 bits per heavy atom. The first kappa shape index (κ1) is 15.3. The van der Waals surface area contributed by atoms with Crippen molar-refractivity contribution in [2.75, 3.05) is 19.0 Å². The van der Waals surface area contributed by atoms with Gasteiger partial charge in [-0.05, 0) is 36.8 Å². The fraction of sp³-hybridized carbons (Fsp3) is 0.533. The highest BCUT2D eigenvalue weighted by molar-refractivity contribution is 5.91. The molecule has 0 aliphatic heterocycles. The Morgan fingerprint density at radius 2 is 2.19 bits per heavy atom. The average molecular weight is 292 g/mol. The van der Waals surface area contributed by atoms with E-state index in [-0.39, 0.29) is 11.1 Å². The molecule has 0 heterocycles. The molecule has 2 rings (SSSR count). The summed E-state index contributed by atoms with van der Waals surface area (Å²) in [6.45, 7) is 2.84. The molecule has 0 saturated heterocycles. The molecule has 21 heavy (non-hydrogen) atoms. The highest BCUT2D eigenvalue weighted by Crippen LogP contribution is 2.49. The molecule has 0 bridgehead atoms. The Balaban J connectivity index is 2.18. The number of nitro benzene ring substituents is 1. The van der Waals surface area contributed by atoms with Crippen LogP contribution in [0.15, 0.2) is 18.2 Å². The molecule has 0 atom stereocenters. The molecule has 1 aromatic rings. The Kier molecular flexibility index (Phi) is 4.45. The van der Waals surface area contributed by atoms with Gasteiger partial charge < -0.3 is 10.1 Å².